The molecule has 1 aromatic rings. The van der Waals surface area contributed by atoms with Crippen LogP contribution in [0.5, 0.6) is 0 Å². The monoisotopic (exact) mass is 260 g/mol. The highest BCUT2D eigenvalue weighted by atomic mass is 16.1. The van der Waals surface area contributed by atoms with Crippen LogP contribution in [0.3, 0.4) is 0 Å². The van der Waals surface area contributed by atoms with Crippen molar-refractivity contribution in [3.05, 3.63) is 35.4 Å². The number of benzene rings is 1. The SMILES string of the molecule is CC(C)c1ccc(C(=O)NCC2CCNCC2)cc1. The average Bonchev–Trinajstić information content (AvgIpc) is 2.46. The topological polar surface area (TPSA) is 41.1 Å². The summed E-state index contributed by atoms with van der Waals surface area (Å²) in [6.07, 6.45) is 2.32. The van der Waals surface area contributed by atoms with Gasteiger partial charge in [-0.25, -0.2) is 0 Å². The van der Waals surface area contributed by atoms with E-state index in [1.165, 1.54) is 5.56 Å². The number of carbonyl (C=O) groups is 1. The molecule has 0 radical (unpaired) electrons. The van der Waals surface area contributed by atoms with Crippen LogP contribution in [-0.4, -0.2) is 25.5 Å². The summed E-state index contributed by atoms with van der Waals surface area (Å²) < 4.78 is 0. The van der Waals surface area contributed by atoms with Gasteiger partial charge >= 0.3 is 0 Å². The molecule has 0 atom stereocenters. The molecule has 2 N–H and O–H groups in total. The van der Waals surface area contributed by atoms with Gasteiger partial charge in [-0.3, -0.25) is 4.79 Å². The quantitative estimate of drug-likeness (QED) is 0.873. The molecule has 0 aromatic heterocycles. The molecule has 1 amide bonds. The standard InChI is InChI=1S/C16H24N2O/c1-12(2)14-3-5-15(6-4-14)16(19)18-11-13-7-9-17-10-8-13/h3-6,12-13,17H,7-11H2,1-2H3,(H,18,19). The lowest BCUT2D eigenvalue weighted by Gasteiger charge is -2.22. The Morgan fingerprint density at radius 3 is 2.47 bits per heavy atom. The molecule has 0 bridgehead atoms. The fourth-order valence-corrected chi connectivity index (χ4v) is 2.44. The van der Waals surface area contributed by atoms with E-state index in [1.807, 2.05) is 24.3 Å². The summed E-state index contributed by atoms with van der Waals surface area (Å²) in [5, 5.41) is 6.39. The normalized spacial score (nSPS) is 16.6. The first kappa shape index (κ1) is 14.1. The maximum absolute atomic E-state index is 12.0. The molecule has 0 unspecified atom stereocenters. The van der Waals surface area contributed by atoms with Crippen molar-refractivity contribution in [3.8, 4) is 0 Å². The van der Waals surface area contributed by atoms with Crippen molar-refractivity contribution in [1.82, 2.24) is 10.6 Å². The Bertz CT molecular complexity index is 405. The fourth-order valence-electron chi connectivity index (χ4n) is 2.44. The van der Waals surface area contributed by atoms with Crippen molar-refractivity contribution in [1.29, 1.82) is 0 Å². The number of hydrogen-bond acceptors (Lipinski definition) is 2. The van der Waals surface area contributed by atoms with Crippen LogP contribution in [0.1, 0.15) is 48.5 Å². The first-order valence-corrected chi connectivity index (χ1v) is 7.25. The van der Waals surface area contributed by atoms with Crippen molar-refractivity contribution in [2.45, 2.75) is 32.6 Å². The number of rotatable bonds is 4. The molecule has 2 rings (SSSR count). The summed E-state index contributed by atoms with van der Waals surface area (Å²) in [5.74, 6) is 1.18. The summed E-state index contributed by atoms with van der Waals surface area (Å²) in [6, 6.07) is 7.94. The van der Waals surface area contributed by atoms with Gasteiger partial charge in [0.1, 0.15) is 0 Å². The molecular weight excluding hydrogens is 236 g/mol. The third kappa shape index (κ3) is 4.06. The molecule has 0 spiro atoms. The van der Waals surface area contributed by atoms with Crippen LogP contribution in [0.25, 0.3) is 0 Å². The minimum Gasteiger partial charge on any atom is -0.352 e. The van der Waals surface area contributed by atoms with Gasteiger partial charge in [-0.2, -0.15) is 0 Å². The van der Waals surface area contributed by atoms with Gasteiger partial charge in [0.2, 0.25) is 0 Å². The van der Waals surface area contributed by atoms with E-state index in [2.05, 4.69) is 24.5 Å². The summed E-state index contributed by atoms with van der Waals surface area (Å²) in [5.41, 5.74) is 2.04. The van der Waals surface area contributed by atoms with Gasteiger partial charge in [0, 0.05) is 12.1 Å². The third-order valence-corrected chi connectivity index (χ3v) is 3.85. The Hall–Kier alpha value is -1.35. The van der Waals surface area contributed by atoms with E-state index in [0.717, 1.165) is 38.0 Å². The first-order valence-electron chi connectivity index (χ1n) is 7.25. The predicted molar refractivity (Wildman–Crippen MR) is 78.5 cm³/mol. The Kier molecular flexibility index (Phi) is 4.97. The number of piperidine rings is 1. The Balaban J connectivity index is 1.85. The number of nitrogens with one attached hydrogen (secondary N) is 2. The van der Waals surface area contributed by atoms with Crippen LogP contribution in [0, 0.1) is 5.92 Å². The van der Waals surface area contributed by atoms with Gasteiger partial charge in [-0.1, -0.05) is 26.0 Å². The smallest absolute Gasteiger partial charge is 0.251 e. The predicted octanol–water partition coefficient (Wildman–Crippen LogP) is 2.54. The molecule has 3 nitrogen and oxygen atoms in total. The maximum atomic E-state index is 12.0. The Morgan fingerprint density at radius 2 is 1.89 bits per heavy atom. The van der Waals surface area contributed by atoms with E-state index < -0.39 is 0 Å². The van der Waals surface area contributed by atoms with Crippen LogP contribution in [0.2, 0.25) is 0 Å². The van der Waals surface area contributed by atoms with Crippen LogP contribution in [0.4, 0.5) is 0 Å². The first-order chi connectivity index (χ1) is 9.16. The van der Waals surface area contributed by atoms with Crippen LogP contribution < -0.4 is 10.6 Å². The zero-order chi connectivity index (χ0) is 13.7. The lowest BCUT2D eigenvalue weighted by molar-refractivity contribution is 0.0944. The molecule has 0 saturated carbocycles. The van der Waals surface area contributed by atoms with Gasteiger partial charge in [0.05, 0.1) is 0 Å². The summed E-state index contributed by atoms with van der Waals surface area (Å²) in [4.78, 5) is 12.0. The highest BCUT2D eigenvalue weighted by molar-refractivity contribution is 5.94. The minimum absolute atomic E-state index is 0.0499. The van der Waals surface area contributed by atoms with Crippen LogP contribution in [0.15, 0.2) is 24.3 Å². The molecule has 19 heavy (non-hydrogen) atoms. The van der Waals surface area contributed by atoms with E-state index in [0.29, 0.717) is 11.8 Å². The third-order valence-electron chi connectivity index (χ3n) is 3.85. The lowest BCUT2D eigenvalue weighted by Crippen LogP contribution is -2.35. The lowest BCUT2D eigenvalue weighted by atomic mass is 9.98. The molecule has 1 saturated heterocycles. The van der Waals surface area contributed by atoms with Crippen molar-refractivity contribution in [2.24, 2.45) is 5.92 Å². The van der Waals surface area contributed by atoms with E-state index >= 15 is 0 Å². The van der Waals surface area contributed by atoms with Gasteiger partial charge in [0.25, 0.3) is 5.91 Å². The number of amides is 1. The Morgan fingerprint density at radius 1 is 1.26 bits per heavy atom. The van der Waals surface area contributed by atoms with Gasteiger partial charge < -0.3 is 10.6 Å². The van der Waals surface area contributed by atoms with Crippen molar-refractivity contribution >= 4 is 5.91 Å². The molecule has 1 aliphatic rings. The van der Waals surface area contributed by atoms with E-state index in [-0.39, 0.29) is 5.91 Å². The molecule has 1 heterocycles. The average molecular weight is 260 g/mol. The maximum Gasteiger partial charge on any atom is 0.251 e. The van der Waals surface area contributed by atoms with Crippen molar-refractivity contribution in [2.75, 3.05) is 19.6 Å². The molecule has 1 aliphatic heterocycles. The Labute approximate surface area is 115 Å². The molecule has 1 aromatic carbocycles. The summed E-state index contributed by atoms with van der Waals surface area (Å²) in [7, 11) is 0. The second kappa shape index (κ2) is 6.71. The number of hydrogen-bond donors (Lipinski definition) is 2. The molecule has 3 heteroatoms. The highest BCUT2D eigenvalue weighted by Gasteiger charge is 2.14. The van der Waals surface area contributed by atoms with Gasteiger partial charge in [-0.15, -0.1) is 0 Å². The summed E-state index contributed by atoms with van der Waals surface area (Å²) in [6.45, 7) is 7.26. The van der Waals surface area contributed by atoms with Crippen molar-refractivity contribution in [3.63, 3.8) is 0 Å². The van der Waals surface area contributed by atoms with E-state index in [4.69, 9.17) is 0 Å². The molecule has 104 valence electrons. The van der Waals surface area contributed by atoms with Crippen LogP contribution >= 0.6 is 0 Å². The van der Waals surface area contributed by atoms with Crippen LogP contribution in [-0.2, 0) is 0 Å². The minimum atomic E-state index is 0.0499. The largest absolute Gasteiger partial charge is 0.352 e. The van der Waals surface area contributed by atoms with E-state index in [1.54, 1.807) is 0 Å². The molecular formula is C16H24N2O. The fraction of sp³-hybridized carbons (Fsp3) is 0.562. The highest BCUT2D eigenvalue weighted by Crippen LogP contribution is 2.15. The second-order valence-corrected chi connectivity index (χ2v) is 5.68. The molecule has 1 fully saturated rings. The van der Waals surface area contributed by atoms with Gasteiger partial charge in [-0.05, 0) is 55.5 Å². The number of carbonyl (C=O) groups excluding carboxylic acids is 1. The molecule has 0 aliphatic carbocycles. The zero-order valence-corrected chi connectivity index (χ0v) is 11.9. The summed E-state index contributed by atoms with van der Waals surface area (Å²) >= 11 is 0. The zero-order valence-electron chi connectivity index (χ0n) is 11.9. The van der Waals surface area contributed by atoms with E-state index in [9.17, 15) is 4.79 Å². The van der Waals surface area contributed by atoms with Crippen molar-refractivity contribution < 1.29 is 4.79 Å². The van der Waals surface area contributed by atoms with Gasteiger partial charge in [0.15, 0.2) is 0 Å². The second-order valence-electron chi connectivity index (χ2n) is 5.68.